The molecular formula is C28H35FN6O6S. The van der Waals surface area contributed by atoms with E-state index in [4.69, 9.17) is 14.2 Å². The molecule has 0 saturated carbocycles. The van der Waals surface area contributed by atoms with E-state index in [9.17, 15) is 18.8 Å². The van der Waals surface area contributed by atoms with Gasteiger partial charge in [0, 0.05) is 44.8 Å². The number of likely N-dealkylation sites (N-methyl/N-ethyl adjacent to an activating group) is 1. The zero-order valence-electron chi connectivity index (χ0n) is 24.3. The van der Waals surface area contributed by atoms with Crippen molar-refractivity contribution in [1.29, 1.82) is 0 Å². The largest absolute Gasteiger partial charge is 0.496 e. The molecule has 12 nitrogen and oxygen atoms in total. The highest BCUT2D eigenvalue weighted by Crippen LogP contribution is 2.38. The highest BCUT2D eigenvalue weighted by molar-refractivity contribution is 7.22. The molecule has 1 aliphatic heterocycles. The maximum absolute atomic E-state index is 14.5. The first-order valence-electron chi connectivity index (χ1n) is 13.4. The van der Waals surface area contributed by atoms with Crippen molar-refractivity contribution < 1.29 is 23.4 Å². The van der Waals surface area contributed by atoms with Gasteiger partial charge >= 0.3 is 5.69 Å². The number of halogens is 1. The van der Waals surface area contributed by atoms with Crippen LogP contribution in [-0.4, -0.2) is 73.9 Å². The second kappa shape index (κ2) is 13.4. The van der Waals surface area contributed by atoms with Crippen LogP contribution in [0.4, 0.5) is 9.39 Å². The van der Waals surface area contributed by atoms with Crippen molar-refractivity contribution in [1.82, 2.24) is 14.0 Å². The number of rotatable bonds is 12. The fourth-order valence-corrected chi connectivity index (χ4v) is 6.36. The number of amides is 1. The van der Waals surface area contributed by atoms with Gasteiger partial charge in [-0.1, -0.05) is 11.3 Å². The molecular weight excluding hydrogens is 567 g/mol. The van der Waals surface area contributed by atoms with Crippen LogP contribution in [0.3, 0.4) is 0 Å². The summed E-state index contributed by atoms with van der Waals surface area (Å²) in [4.78, 5) is 43.4. The second-order valence-electron chi connectivity index (χ2n) is 9.74. The summed E-state index contributed by atoms with van der Waals surface area (Å²) in [5.74, 6) is -0.462. The number of hydrogen-bond donors (Lipinski definition) is 0. The predicted molar refractivity (Wildman–Crippen MR) is 161 cm³/mol. The number of thiophene rings is 1. The third-order valence-electron chi connectivity index (χ3n) is 7.20. The number of methoxy groups -OCH3 is 2. The number of carbonyl (C=O) groups excluding carboxylic acids is 1. The Morgan fingerprint density at radius 2 is 2.02 bits per heavy atom. The molecule has 0 spiro atoms. The summed E-state index contributed by atoms with van der Waals surface area (Å²) in [5, 5.41) is 10.2. The Hall–Kier alpha value is -3.88. The zero-order chi connectivity index (χ0) is 30.6. The first-order valence-corrected chi connectivity index (χ1v) is 14.2. The normalized spacial score (nSPS) is 16.4. The number of nitrogens with zero attached hydrogens (tertiary/aromatic N) is 6. The van der Waals surface area contributed by atoms with Crippen molar-refractivity contribution in [2.45, 2.75) is 45.4 Å². The van der Waals surface area contributed by atoms with Crippen molar-refractivity contribution in [2.75, 3.05) is 46.1 Å². The fourth-order valence-electron chi connectivity index (χ4n) is 5.13. The molecule has 2 aromatic heterocycles. The number of likely N-dealkylation sites (tertiary alicyclic amines) is 1. The van der Waals surface area contributed by atoms with Crippen LogP contribution in [0.1, 0.15) is 43.0 Å². The second-order valence-corrected chi connectivity index (χ2v) is 10.7. The van der Waals surface area contributed by atoms with Crippen LogP contribution in [-0.2, 0) is 20.8 Å². The predicted octanol–water partition coefficient (Wildman–Crippen LogP) is 3.31. The van der Waals surface area contributed by atoms with Crippen LogP contribution in [0.25, 0.3) is 10.2 Å². The van der Waals surface area contributed by atoms with E-state index in [0.29, 0.717) is 46.1 Å². The highest BCUT2D eigenvalue weighted by atomic mass is 32.1. The SMILES string of the molecule is C=NN(/N=C\C)c1sc2c(c1C)c(=O)n(C1CCCN(C)C1=O)c(=O)n2C[C@H](OCCOC)c1cc(F)ccc1OC. The molecule has 4 rings (SSSR count). The number of hydrogen-bond acceptors (Lipinski definition) is 10. The highest BCUT2D eigenvalue weighted by Gasteiger charge is 2.34. The van der Waals surface area contributed by atoms with Gasteiger partial charge in [-0.25, -0.2) is 13.8 Å². The van der Waals surface area contributed by atoms with E-state index in [0.717, 1.165) is 15.9 Å². The summed E-state index contributed by atoms with van der Waals surface area (Å²) in [6.45, 7) is 7.83. The lowest BCUT2D eigenvalue weighted by molar-refractivity contribution is -0.136. The summed E-state index contributed by atoms with van der Waals surface area (Å²) in [7, 11) is 4.63. The quantitative estimate of drug-likeness (QED) is 0.177. The number of ether oxygens (including phenoxy) is 3. The molecule has 1 fully saturated rings. The van der Waals surface area contributed by atoms with Gasteiger partial charge in [-0.2, -0.15) is 10.2 Å². The van der Waals surface area contributed by atoms with Gasteiger partial charge in [0.2, 0.25) is 5.91 Å². The van der Waals surface area contributed by atoms with Crippen molar-refractivity contribution >= 4 is 45.4 Å². The van der Waals surface area contributed by atoms with Crippen molar-refractivity contribution in [3.05, 3.63) is 56.0 Å². The molecule has 0 N–H and O–H groups in total. The van der Waals surface area contributed by atoms with Gasteiger partial charge in [0.1, 0.15) is 33.5 Å². The molecule has 3 heterocycles. The molecule has 42 heavy (non-hydrogen) atoms. The maximum Gasteiger partial charge on any atom is 0.332 e. The molecule has 0 radical (unpaired) electrons. The van der Waals surface area contributed by atoms with E-state index >= 15 is 0 Å². The Balaban J connectivity index is 2.01. The summed E-state index contributed by atoms with van der Waals surface area (Å²) < 4.78 is 33.7. The first-order chi connectivity index (χ1) is 20.2. The van der Waals surface area contributed by atoms with Crippen LogP contribution in [0, 0.1) is 12.7 Å². The Morgan fingerprint density at radius 1 is 1.26 bits per heavy atom. The summed E-state index contributed by atoms with van der Waals surface area (Å²) in [6.07, 6.45) is 1.62. The van der Waals surface area contributed by atoms with Gasteiger partial charge in [0.05, 0.1) is 32.3 Å². The van der Waals surface area contributed by atoms with Crippen LogP contribution in [0.2, 0.25) is 0 Å². The van der Waals surface area contributed by atoms with Gasteiger partial charge in [0.15, 0.2) is 0 Å². The molecule has 14 heteroatoms. The first kappa shape index (κ1) is 31.1. The van der Waals surface area contributed by atoms with Gasteiger partial charge in [0.25, 0.3) is 5.56 Å². The lowest BCUT2D eigenvalue weighted by atomic mass is 10.0. The Kier molecular flexibility index (Phi) is 9.91. The Bertz CT molecular complexity index is 1610. The van der Waals surface area contributed by atoms with Gasteiger partial charge in [-0.15, -0.1) is 5.12 Å². The Morgan fingerprint density at radius 3 is 2.69 bits per heavy atom. The molecule has 2 atom stereocenters. The van der Waals surface area contributed by atoms with Crippen LogP contribution >= 0.6 is 11.3 Å². The van der Waals surface area contributed by atoms with Gasteiger partial charge in [-0.05, 0) is 44.9 Å². The summed E-state index contributed by atoms with van der Waals surface area (Å²) >= 11 is 1.13. The third kappa shape index (κ3) is 5.87. The smallest absolute Gasteiger partial charge is 0.332 e. The molecule has 1 aliphatic rings. The Labute approximate surface area is 246 Å². The van der Waals surface area contributed by atoms with E-state index < -0.39 is 29.2 Å². The van der Waals surface area contributed by atoms with E-state index in [1.807, 2.05) is 0 Å². The zero-order valence-corrected chi connectivity index (χ0v) is 25.1. The van der Waals surface area contributed by atoms with Gasteiger partial charge < -0.3 is 19.1 Å². The number of aromatic nitrogens is 2. The maximum atomic E-state index is 14.5. The molecule has 1 unspecified atom stereocenters. The molecule has 0 aliphatic carbocycles. The number of anilines is 1. The van der Waals surface area contributed by atoms with E-state index in [2.05, 4.69) is 16.9 Å². The minimum Gasteiger partial charge on any atom is -0.496 e. The number of aryl methyl sites for hydroxylation is 1. The van der Waals surface area contributed by atoms with Crippen molar-refractivity contribution in [2.24, 2.45) is 10.2 Å². The molecule has 3 aromatic rings. The van der Waals surface area contributed by atoms with Crippen LogP contribution < -0.4 is 21.1 Å². The topological polar surface area (TPSA) is 120 Å². The summed E-state index contributed by atoms with van der Waals surface area (Å²) in [6, 6.07) is 3.07. The summed E-state index contributed by atoms with van der Waals surface area (Å²) in [5.41, 5.74) is -0.359. The standard InChI is InChI=1S/C28H35FN6O6S/c1-7-31-35(30-3)26-17(2)23-25(37)34(20-9-8-12-32(4)24(20)36)28(38)33(27(23)42-26)16-22(41-14-13-39-5)19-15-18(29)10-11-21(19)40-6/h7,10-11,15,20,22H,3,8-9,12-14,16H2,1-2,4-6H3/b31-7-/t20?,22-/m0/s1. The minimum atomic E-state index is -0.971. The molecule has 226 valence electrons. The van der Waals surface area contributed by atoms with Gasteiger partial charge in [-0.3, -0.25) is 14.2 Å². The van der Waals surface area contributed by atoms with Crippen molar-refractivity contribution in [3.63, 3.8) is 0 Å². The molecule has 1 amide bonds. The molecule has 1 aromatic carbocycles. The van der Waals surface area contributed by atoms with Crippen molar-refractivity contribution in [3.8, 4) is 5.75 Å². The fraction of sp³-hybridized carbons (Fsp3) is 0.464. The number of piperidine rings is 1. The number of benzene rings is 1. The van der Waals surface area contributed by atoms with Crippen LogP contribution in [0.15, 0.2) is 38.0 Å². The number of fused-ring (bicyclic) bond motifs is 1. The van der Waals surface area contributed by atoms with E-state index in [1.165, 1.54) is 53.2 Å². The van der Waals surface area contributed by atoms with Crippen LogP contribution in [0.5, 0.6) is 5.75 Å². The third-order valence-corrected chi connectivity index (χ3v) is 8.48. The average molecular weight is 603 g/mol. The lowest BCUT2D eigenvalue weighted by Gasteiger charge is -2.30. The monoisotopic (exact) mass is 602 g/mol. The average Bonchev–Trinajstić information content (AvgIpc) is 3.32. The number of carbonyl (C=O) groups is 1. The lowest BCUT2D eigenvalue weighted by Crippen LogP contribution is -2.49. The van der Waals surface area contributed by atoms with E-state index in [1.54, 1.807) is 20.9 Å². The minimum absolute atomic E-state index is 0.117. The number of hydrazone groups is 2. The molecule has 0 bridgehead atoms. The molecule has 1 saturated heterocycles. The van der Waals surface area contributed by atoms with E-state index in [-0.39, 0.29) is 31.1 Å².